The molecule has 1 aliphatic rings. The lowest BCUT2D eigenvalue weighted by atomic mass is 9.93. The monoisotopic (exact) mass is 230 g/mol. The minimum atomic E-state index is -0.491. The molecule has 0 amide bonds. The van der Waals surface area contributed by atoms with Gasteiger partial charge >= 0.3 is 0 Å². The fourth-order valence-electron chi connectivity index (χ4n) is 2.07. The molecule has 0 spiro atoms. The maximum absolute atomic E-state index is 11.8. The van der Waals surface area contributed by atoms with Gasteiger partial charge in [-0.2, -0.15) is 0 Å². The van der Waals surface area contributed by atoms with Crippen LogP contribution in [0.3, 0.4) is 0 Å². The number of hydrogen-bond donors (Lipinski definition) is 1. The van der Waals surface area contributed by atoms with Gasteiger partial charge in [-0.3, -0.25) is 9.59 Å². The quantitative estimate of drug-likeness (QED) is 0.776. The van der Waals surface area contributed by atoms with E-state index in [1.807, 2.05) is 6.92 Å². The third-order valence-electron chi connectivity index (χ3n) is 2.94. The van der Waals surface area contributed by atoms with Gasteiger partial charge in [0.15, 0.2) is 0 Å². The van der Waals surface area contributed by atoms with E-state index >= 15 is 0 Å². The molecule has 1 aromatic rings. The standard InChI is InChI=1S/C14H14O3/c1-2-3-6-10-13-9(5-4-7-11(13)15)8-12(16)14(10)17/h4-5,7-8,15H,2-3,6H2,1H3. The zero-order chi connectivity index (χ0) is 12.4. The molecule has 0 aromatic heterocycles. The largest absolute Gasteiger partial charge is 0.507 e. The Labute approximate surface area is 99.1 Å². The minimum absolute atomic E-state index is 0.0747. The third-order valence-corrected chi connectivity index (χ3v) is 2.94. The summed E-state index contributed by atoms with van der Waals surface area (Å²) >= 11 is 0. The number of hydrogen-bond acceptors (Lipinski definition) is 3. The average Bonchev–Trinajstić information content (AvgIpc) is 2.30. The Hall–Kier alpha value is -1.90. The van der Waals surface area contributed by atoms with Crippen LogP contribution in [-0.4, -0.2) is 16.7 Å². The summed E-state index contributed by atoms with van der Waals surface area (Å²) in [6.45, 7) is 2.02. The van der Waals surface area contributed by atoms with Gasteiger partial charge in [-0.25, -0.2) is 0 Å². The summed E-state index contributed by atoms with van der Waals surface area (Å²) < 4.78 is 0. The van der Waals surface area contributed by atoms with Crippen molar-refractivity contribution in [2.45, 2.75) is 26.2 Å². The molecule has 0 bridgehead atoms. The SMILES string of the molecule is CCCCC1=c2c(O)cccc2=CC(=O)C1=O. The van der Waals surface area contributed by atoms with Crippen LogP contribution in [0.2, 0.25) is 0 Å². The molecule has 0 unspecified atom stereocenters. The van der Waals surface area contributed by atoms with Crippen LogP contribution in [-0.2, 0) is 9.59 Å². The molecule has 3 nitrogen and oxygen atoms in total. The van der Waals surface area contributed by atoms with Crippen LogP contribution in [0.25, 0.3) is 11.6 Å². The molecule has 0 saturated heterocycles. The Kier molecular flexibility index (Phi) is 3.09. The summed E-state index contributed by atoms with van der Waals surface area (Å²) in [4.78, 5) is 23.4. The summed E-state index contributed by atoms with van der Waals surface area (Å²) in [6, 6.07) is 4.96. The van der Waals surface area contributed by atoms with Crippen LogP contribution < -0.4 is 10.4 Å². The molecule has 1 aromatic carbocycles. The van der Waals surface area contributed by atoms with E-state index < -0.39 is 11.6 Å². The molecule has 0 radical (unpaired) electrons. The molecule has 0 fully saturated rings. The van der Waals surface area contributed by atoms with E-state index in [-0.39, 0.29) is 5.75 Å². The number of carbonyl (C=O) groups is 2. The number of ketones is 2. The Balaban J connectivity index is 2.74. The smallest absolute Gasteiger partial charge is 0.229 e. The Bertz CT molecular complexity index is 596. The van der Waals surface area contributed by atoms with Crippen molar-refractivity contribution < 1.29 is 14.7 Å². The average molecular weight is 230 g/mol. The lowest BCUT2D eigenvalue weighted by Crippen LogP contribution is -2.37. The zero-order valence-corrected chi connectivity index (χ0v) is 9.69. The number of fused-ring (bicyclic) bond motifs is 1. The normalized spacial score (nSPS) is 14.5. The Morgan fingerprint density at radius 2 is 2.00 bits per heavy atom. The van der Waals surface area contributed by atoms with Crippen molar-refractivity contribution in [1.29, 1.82) is 0 Å². The van der Waals surface area contributed by atoms with Crippen molar-refractivity contribution in [1.82, 2.24) is 0 Å². The molecular weight excluding hydrogens is 216 g/mol. The van der Waals surface area contributed by atoms with Gasteiger partial charge in [-0.1, -0.05) is 25.5 Å². The van der Waals surface area contributed by atoms with E-state index in [2.05, 4.69) is 0 Å². The minimum Gasteiger partial charge on any atom is -0.507 e. The van der Waals surface area contributed by atoms with Crippen molar-refractivity contribution in [3.63, 3.8) is 0 Å². The van der Waals surface area contributed by atoms with E-state index in [0.29, 0.717) is 22.4 Å². The Morgan fingerprint density at radius 3 is 2.71 bits per heavy atom. The number of phenolic OH excluding ortho intramolecular Hbond substituents is 1. The number of aromatic hydroxyl groups is 1. The van der Waals surface area contributed by atoms with Gasteiger partial charge in [-0.15, -0.1) is 0 Å². The number of benzene rings is 1. The highest BCUT2D eigenvalue weighted by atomic mass is 16.3. The summed E-state index contributed by atoms with van der Waals surface area (Å²) in [5.74, 6) is -0.896. The first-order valence-electron chi connectivity index (χ1n) is 5.76. The molecule has 0 aliphatic heterocycles. The van der Waals surface area contributed by atoms with E-state index in [0.717, 1.165) is 12.8 Å². The summed E-state index contributed by atoms with van der Waals surface area (Å²) in [6.07, 6.45) is 3.62. The van der Waals surface area contributed by atoms with Gasteiger partial charge in [0, 0.05) is 10.8 Å². The summed E-state index contributed by atoms with van der Waals surface area (Å²) in [5.41, 5.74) is 0.451. The highest BCUT2D eigenvalue weighted by Crippen LogP contribution is 2.13. The fraction of sp³-hybridized carbons (Fsp3) is 0.286. The predicted octanol–water partition coefficient (Wildman–Crippen LogP) is 0.665. The zero-order valence-electron chi connectivity index (χ0n) is 9.69. The molecule has 3 heteroatoms. The van der Waals surface area contributed by atoms with Crippen molar-refractivity contribution in [2.75, 3.05) is 0 Å². The van der Waals surface area contributed by atoms with Crippen molar-refractivity contribution in [3.05, 3.63) is 28.6 Å². The number of unbranched alkanes of at least 4 members (excludes halogenated alkanes) is 1. The molecule has 0 saturated carbocycles. The van der Waals surface area contributed by atoms with Gasteiger partial charge < -0.3 is 5.11 Å². The van der Waals surface area contributed by atoms with Crippen LogP contribution in [0.4, 0.5) is 0 Å². The third kappa shape index (κ3) is 2.00. The van der Waals surface area contributed by atoms with Gasteiger partial charge in [0.25, 0.3) is 0 Å². The van der Waals surface area contributed by atoms with Crippen LogP contribution in [0.5, 0.6) is 5.75 Å². The molecule has 88 valence electrons. The first-order valence-corrected chi connectivity index (χ1v) is 5.76. The number of rotatable bonds is 3. The highest BCUT2D eigenvalue weighted by molar-refractivity contribution is 6.60. The number of phenols is 1. The van der Waals surface area contributed by atoms with Gasteiger partial charge in [0.2, 0.25) is 11.6 Å². The van der Waals surface area contributed by atoms with Crippen molar-refractivity contribution in [2.24, 2.45) is 0 Å². The molecule has 1 aliphatic carbocycles. The lowest BCUT2D eigenvalue weighted by Gasteiger charge is -2.09. The topological polar surface area (TPSA) is 54.4 Å². The molecular formula is C14H14O3. The lowest BCUT2D eigenvalue weighted by molar-refractivity contribution is -0.129. The van der Waals surface area contributed by atoms with Crippen LogP contribution >= 0.6 is 0 Å². The molecule has 0 heterocycles. The van der Waals surface area contributed by atoms with Crippen LogP contribution in [0.1, 0.15) is 26.2 Å². The fourth-order valence-corrected chi connectivity index (χ4v) is 2.07. The molecule has 17 heavy (non-hydrogen) atoms. The summed E-state index contributed by atoms with van der Waals surface area (Å²) in [5, 5.41) is 11.0. The van der Waals surface area contributed by atoms with Gasteiger partial charge in [0.05, 0.1) is 0 Å². The van der Waals surface area contributed by atoms with E-state index in [1.54, 1.807) is 18.2 Å². The van der Waals surface area contributed by atoms with Gasteiger partial charge in [0.1, 0.15) is 5.75 Å². The predicted molar refractivity (Wildman–Crippen MR) is 64.8 cm³/mol. The maximum atomic E-state index is 11.8. The van der Waals surface area contributed by atoms with Crippen molar-refractivity contribution in [3.8, 4) is 5.75 Å². The number of carbonyl (C=O) groups excluding carboxylic acids is 2. The van der Waals surface area contributed by atoms with E-state index in [9.17, 15) is 14.7 Å². The highest BCUT2D eigenvalue weighted by Gasteiger charge is 2.22. The Morgan fingerprint density at radius 1 is 1.24 bits per heavy atom. The first kappa shape index (κ1) is 11.6. The van der Waals surface area contributed by atoms with Gasteiger partial charge in [-0.05, 0) is 30.2 Å². The second kappa shape index (κ2) is 4.53. The molecule has 0 atom stereocenters. The van der Waals surface area contributed by atoms with Crippen LogP contribution in [0.15, 0.2) is 18.2 Å². The van der Waals surface area contributed by atoms with E-state index in [4.69, 9.17) is 0 Å². The first-order chi connectivity index (χ1) is 8.15. The second-order valence-corrected chi connectivity index (χ2v) is 4.16. The molecule has 1 N–H and O–H groups in total. The maximum Gasteiger partial charge on any atom is 0.229 e. The van der Waals surface area contributed by atoms with Crippen molar-refractivity contribution >= 4 is 23.2 Å². The second-order valence-electron chi connectivity index (χ2n) is 4.16. The number of Topliss-reactive ketones (excluding diaryl/α,β-unsaturated/α-hetero) is 2. The van der Waals surface area contributed by atoms with Crippen LogP contribution in [0, 0.1) is 0 Å². The van der Waals surface area contributed by atoms with E-state index in [1.165, 1.54) is 6.08 Å². The molecule has 2 rings (SSSR count). The summed E-state index contributed by atoms with van der Waals surface area (Å²) in [7, 11) is 0.